The lowest BCUT2D eigenvalue weighted by Crippen LogP contribution is -2.55. The number of hydrogen-bond donors (Lipinski definition) is 3. The van der Waals surface area contributed by atoms with Gasteiger partial charge in [0.05, 0.1) is 24.4 Å². The third-order valence-corrected chi connectivity index (χ3v) is 8.80. The van der Waals surface area contributed by atoms with Crippen molar-refractivity contribution in [3.8, 4) is 17.0 Å². The molecule has 2 aliphatic heterocycles. The average Bonchev–Trinajstić information content (AvgIpc) is 3.62. The number of nitrogens with zero attached hydrogens (tertiary/aromatic N) is 2. The Hall–Kier alpha value is -5.19. The molecule has 1 aliphatic carbocycles. The largest absolute Gasteiger partial charge is 0.488 e. The fourth-order valence-corrected chi connectivity index (χ4v) is 6.16. The number of amides is 3. The molecule has 11 heteroatoms. The van der Waals surface area contributed by atoms with Crippen LogP contribution < -0.4 is 15.4 Å². The molecule has 0 spiro atoms. The molecule has 3 N–H and O–H groups in total. The van der Waals surface area contributed by atoms with E-state index >= 15 is 0 Å². The third kappa shape index (κ3) is 6.17. The second-order valence-corrected chi connectivity index (χ2v) is 12.0. The molecular formula is C35H36N4O7. The maximum atomic E-state index is 13.7. The summed E-state index contributed by atoms with van der Waals surface area (Å²) < 4.78 is 11.9. The molecule has 2 fully saturated rings. The van der Waals surface area contributed by atoms with Crippen molar-refractivity contribution < 1.29 is 33.8 Å². The number of nitrogens with one attached hydrogen (secondary N) is 2. The zero-order valence-electron chi connectivity index (χ0n) is 25.5. The van der Waals surface area contributed by atoms with Gasteiger partial charge in [0.2, 0.25) is 11.8 Å². The molecule has 238 valence electrons. The smallest absolute Gasteiger partial charge is 0.407 e. The number of pyridine rings is 1. The van der Waals surface area contributed by atoms with Crippen LogP contribution in [0.25, 0.3) is 28.2 Å². The summed E-state index contributed by atoms with van der Waals surface area (Å²) in [4.78, 5) is 58.3. The van der Waals surface area contributed by atoms with Crippen LogP contribution >= 0.6 is 0 Å². The van der Waals surface area contributed by atoms with Crippen molar-refractivity contribution in [1.82, 2.24) is 20.5 Å². The highest BCUT2D eigenvalue weighted by Gasteiger charge is 2.61. The zero-order chi connectivity index (χ0) is 32.4. The Labute approximate surface area is 266 Å². The number of rotatable bonds is 5. The molecule has 11 nitrogen and oxygen atoms in total. The van der Waals surface area contributed by atoms with Gasteiger partial charge in [-0.2, -0.15) is 0 Å². The van der Waals surface area contributed by atoms with E-state index < -0.39 is 53.5 Å². The van der Waals surface area contributed by atoms with E-state index in [0.717, 1.165) is 22.0 Å². The van der Waals surface area contributed by atoms with E-state index in [0.29, 0.717) is 24.3 Å². The molecule has 1 saturated carbocycles. The Kier molecular flexibility index (Phi) is 8.48. The summed E-state index contributed by atoms with van der Waals surface area (Å²) in [7, 11) is 0. The van der Waals surface area contributed by atoms with Gasteiger partial charge >= 0.3 is 12.1 Å². The highest BCUT2D eigenvalue weighted by Crippen LogP contribution is 2.45. The molecule has 6 rings (SSSR count). The van der Waals surface area contributed by atoms with Gasteiger partial charge in [0.1, 0.15) is 29.5 Å². The van der Waals surface area contributed by atoms with Gasteiger partial charge in [0, 0.05) is 29.4 Å². The van der Waals surface area contributed by atoms with Gasteiger partial charge < -0.3 is 30.1 Å². The van der Waals surface area contributed by atoms with Gasteiger partial charge in [0.15, 0.2) is 0 Å². The van der Waals surface area contributed by atoms with Crippen LogP contribution in [0, 0.1) is 5.92 Å². The summed E-state index contributed by atoms with van der Waals surface area (Å²) in [5, 5.41) is 15.9. The summed E-state index contributed by atoms with van der Waals surface area (Å²) in [6.07, 6.45) is 5.71. The number of alkyl carbamates (subject to hydrolysis) is 1. The number of carbonyl (C=O) groups excluding carboxylic acids is 3. The minimum Gasteiger partial charge on any atom is -0.488 e. The SMILES string of the molecule is C=C[C@@H]1C[C@]1(NC(=O)[C@@H]1C[C@@H]2CN1C(=O)[C@H](C)NC(=O)OCCCC=Cc1ccc3nc(-c4ccccc4)cc(c3c1)O2)C(=O)O. The first-order chi connectivity index (χ1) is 22.2. The summed E-state index contributed by atoms with van der Waals surface area (Å²) in [5.41, 5.74) is 1.79. The van der Waals surface area contributed by atoms with Crippen molar-refractivity contribution >= 4 is 40.9 Å². The van der Waals surface area contributed by atoms with E-state index in [1.807, 2.05) is 66.7 Å². The summed E-state index contributed by atoms with van der Waals surface area (Å²) in [6, 6.07) is 15.4. The first-order valence-electron chi connectivity index (χ1n) is 15.4. The molecule has 2 aromatic carbocycles. The van der Waals surface area contributed by atoms with Gasteiger partial charge in [-0.1, -0.05) is 54.6 Å². The van der Waals surface area contributed by atoms with Crippen molar-refractivity contribution in [3.05, 3.63) is 78.9 Å². The number of fused-ring (bicyclic) bond motifs is 3. The van der Waals surface area contributed by atoms with Gasteiger partial charge in [-0.05, 0) is 43.9 Å². The number of carboxylic acids is 1. The lowest BCUT2D eigenvalue weighted by Gasteiger charge is -2.28. The molecule has 3 heterocycles. The van der Waals surface area contributed by atoms with Crippen molar-refractivity contribution in [2.45, 2.75) is 56.3 Å². The molecule has 5 atom stereocenters. The van der Waals surface area contributed by atoms with Gasteiger partial charge in [0.25, 0.3) is 0 Å². The van der Waals surface area contributed by atoms with E-state index in [1.54, 1.807) is 0 Å². The Morgan fingerprint density at radius 2 is 1.98 bits per heavy atom. The molecule has 1 saturated heterocycles. The molecule has 3 aromatic rings. The lowest BCUT2D eigenvalue weighted by atomic mass is 10.1. The number of carboxylic acid groups (broad SMARTS) is 1. The first-order valence-corrected chi connectivity index (χ1v) is 15.4. The minimum atomic E-state index is -1.47. The maximum Gasteiger partial charge on any atom is 0.407 e. The van der Waals surface area contributed by atoms with E-state index in [1.165, 1.54) is 17.9 Å². The van der Waals surface area contributed by atoms with Crippen molar-refractivity contribution in [2.24, 2.45) is 5.92 Å². The summed E-state index contributed by atoms with van der Waals surface area (Å²) >= 11 is 0. The summed E-state index contributed by atoms with van der Waals surface area (Å²) in [6.45, 7) is 5.41. The summed E-state index contributed by atoms with van der Waals surface area (Å²) in [5.74, 6) is -2.16. The molecule has 46 heavy (non-hydrogen) atoms. The van der Waals surface area contributed by atoms with E-state index in [4.69, 9.17) is 14.5 Å². The number of ether oxygens (including phenoxy) is 2. The molecular weight excluding hydrogens is 588 g/mol. The van der Waals surface area contributed by atoms with Gasteiger partial charge in [-0.15, -0.1) is 6.58 Å². The number of aromatic nitrogens is 1. The number of aliphatic carboxylic acids is 1. The van der Waals surface area contributed by atoms with E-state index in [9.17, 15) is 24.3 Å². The Bertz CT molecular complexity index is 1720. The van der Waals surface area contributed by atoms with Crippen LogP contribution in [-0.4, -0.2) is 75.7 Å². The van der Waals surface area contributed by atoms with Crippen molar-refractivity contribution in [1.29, 1.82) is 0 Å². The molecule has 0 unspecified atom stereocenters. The lowest BCUT2D eigenvalue weighted by molar-refractivity contribution is -0.145. The van der Waals surface area contributed by atoms with Crippen LogP contribution in [0.2, 0.25) is 0 Å². The predicted molar refractivity (Wildman–Crippen MR) is 171 cm³/mol. The molecule has 3 amide bonds. The minimum absolute atomic E-state index is 0.0347. The normalized spacial score (nSPS) is 26.3. The monoisotopic (exact) mass is 624 g/mol. The topological polar surface area (TPSA) is 147 Å². The number of cyclic esters (lactones) is 1. The number of allylic oxidation sites excluding steroid dienone is 1. The van der Waals surface area contributed by atoms with Crippen LogP contribution in [-0.2, 0) is 19.1 Å². The van der Waals surface area contributed by atoms with Gasteiger partial charge in [-0.3, -0.25) is 9.59 Å². The Morgan fingerprint density at radius 1 is 1.17 bits per heavy atom. The molecule has 1 aromatic heterocycles. The Balaban J connectivity index is 1.38. The highest BCUT2D eigenvalue weighted by atomic mass is 16.5. The highest BCUT2D eigenvalue weighted by molar-refractivity contribution is 5.96. The van der Waals surface area contributed by atoms with E-state index in [2.05, 4.69) is 17.2 Å². The number of hydrogen-bond acceptors (Lipinski definition) is 7. The zero-order valence-corrected chi connectivity index (χ0v) is 25.5. The van der Waals surface area contributed by atoms with Crippen LogP contribution in [0.5, 0.6) is 5.75 Å². The van der Waals surface area contributed by atoms with Crippen LogP contribution in [0.3, 0.4) is 0 Å². The fraction of sp³-hybridized carbons (Fsp3) is 0.343. The predicted octanol–water partition coefficient (Wildman–Crippen LogP) is 4.32. The van der Waals surface area contributed by atoms with E-state index in [-0.39, 0.29) is 26.0 Å². The van der Waals surface area contributed by atoms with Gasteiger partial charge in [-0.25, -0.2) is 14.6 Å². The Morgan fingerprint density at radius 3 is 2.72 bits per heavy atom. The van der Waals surface area contributed by atoms with Crippen LogP contribution in [0.4, 0.5) is 4.79 Å². The van der Waals surface area contributed by atoms with Crippen molar-refractivity contribution in [2.75, 3.05) is 13.2 Å². The van der Waals surface area contributed by atoms with Crippen molar-refractivity contribution in [3.63, 3.8) is 0 Å². The molecule has 0 radical (unpaired) electrons. The van der Waals surface area contributed by atoms with Crippen LogP contribution in [0.1, 0.15) is 38.2 Å². The molecule has 3 aliphatic rings. The molecule has 4 bridgehead atoms. The quantitative estimate of drug-likeness (QED) is 0.356. The number of carbonyl (C=O) groups is 4. The maximum absolute atomic E-state index is 13.7. The second-order valence-electron chi connectivity index (χ2n) is 12.0. The third-order valence-electron chi connectivity index (χ3n) is 8.80. The first kappa shape index (κ1) is 30.8. The van der Waals surface area contributed by atoms with Crippen LogP contribution in [0.15, 0.2) is 73.3 Å². The second kappa shape index (κ2) is 12.7. The average molecular weight is 625 g/mol. The standard InChI is InChI=1S/C35H36N4O7/c1-3-24-19-35(24,33(42)43)38-31(40)29-17-25-20-39(29)32(41)21(2)36-34(44)45-15-9-5-6-10-22-13-14-27-26(16-22)30(46-25)18-28(37-27)23-11-7-4-8-12-23/h3-4,6-8,10-14,16,18,21,24-25,29H,1,5,9,15,17,19-20H2,2H3,(H,36,44)(H,38,40)(H,42,43)/t21-,24+,25+,29-,35+/m0/s1. The number of benzene rings is 2. The fourth-order valence-electron chi connectivity index (χ4n) is 6.16.